The van der Waals surface area contributed by atoms with Gasteiger partial charge >= 0.3 is 0 Å². The monoisotopic (exact) mass is 170 g/mol. The van der Waals surface area contributed by atoms with Gasteiger partial charge in [-0.1, -0.05) is 27.7 Å². The Balaban J connectivity index is 0. The van der Waals surface area contributed by atoms with Crippen molar-refractivity contribution in [3.63, 3.8) is 0 Å². The number of nitriles is 1. The predicted octanol–water partition coefficient (Wildman–Crippen LogP) is 2.56. The van der Waals surface area contributed by atoms with Crippen molar-refractivity contribution in [2.75, 3.05) is 13.1 Å². The van der Waals surface area contributed by atoms with Crippen LogP contribution in [0, 0.1) is 17.2 Å². The van der Waals surface area contributed by atoms with E-state index in [9.17, 15) is 0 Å². The second-order valence-electron chi connectivity index (χ2n) is 2.15. The molecule has 1 aliphatic rings. The lowest BCUT2D eigenvalue weighted by Crippen LogP contribution is -2.26. The smallest absolute Gasteiger partial charge is 0.0656 e. The van der Waals surface area contributed by atoms with Gasteiger partial charge in [-0.3, -0.25) is 0 Å². The van der Waals surface area contributed by atoms with Gasteiger partial charge in [0.15, 0.2) is 0 Å². The summed E-state index contributed by atoms with van der Waals surface area (Å²) in [6.45, 7) is 10.1. The number of piperidine rings is 1. The van der Waals surface area contributed by atoms with Crippen molar-refractivity contribution in [3.05, 3.63) is 0 Å². The van der Waals surface area contributed by atoms with Gasteiger partial charge in [0.05, 0.1) is 6.07 Å². The van der Waals surface area contributed by atoms with Gasteiger partial charge in [-0.25, -0.2) is 0 Å². The van der Waals surface area contributed by atoms with E-state index in [-0.39, 0.29) is 0 Å². The topological polar surface area (TPSA) is 35.8 Å². The van der Waals surface area contributed by atoms with E-state index >= 15 is 0 Å². The Labute approximate surface area is 77.0 Å². The second-order valence-corrected chi connectivity index (χ2v) is 2.15. The van der Waals surface area contributed by atoms with E-state index in [4.69, 9.17) is 5.26 Å². The van der Waals surface area contributed by atoms with Gasteiger partial charge in [0.2, 0.25) is 0 Å². The molecule has 0 amide bonds. The van der Waals surface area contributed by atoms with Crippen LogP contribution >= 0.6 is 0 Å². The summed E-state index contributed by atoms with van der Waals surface area (Å²) in [5.74, 6) is 0.330. The Kier molecular flexibility index (Phi) is 15.2. The molecule has 0 bridgehead atoms. The van der Waals surface area contributed by atoms with Crippen LogP contribution in [0.1, 0.15) is 40.5 Å². The standard InChI is InChI=1S/C6H10N2.2C2H6/c7-5-6-1-3-8-4-2-6;2*1-2/h6,8H,1-4H2;2*1-2H3. The average molecular weight is 170 g/mol. The molecule has 1 N–H and O–H groups in total. The zero-order valence-corrected chi connectivity index (χ0v) is 8.85. The highest BCUT2D eigenvalue weighted by Gasteiger charge is 2.09. The Bertz CT molecular complexity index is 98.9. The maximum atomic E-state index is 8.41. The van der Waals surface area contributed by atoms with E-state index in [1.165, 1.54) is 0 Å². The maximum Gasteiger partial charge on any atom is 0.0656 e. The van der Waals surface area contributed by atoms with E-state index in [1.54, 1.807) is 0 Å². The Morgan fingerprint density at radius 2 is 1.50 bits per heavy atom. The van der Waals surface area contributed by atoms with Gasteiger partial charge in [-0.2, -0.15) is 5.26 Å². The molecule has 2 heteroatoms. The van der Waals surface area contributed by atoms with Crippen LogP contribution in [0.5, 0.6) is 0 Å². The van der Waals surface area contributed by atoms with Crippen molar-refractivity contribution in [3.8, 4) is 6.07 Å². The Morgan fingerprint density at radius 1 is 1.08 bits per heavy atom. The molecule has 0 unspecified atom stereocenters. The summed E-state index contributed by atoms with van der Waals surface area (Å²) in [5.41, 5.74) is 0. The first-order chi connectivity index (χ1) is 5.93. The fourth-order valence-corrected chi connectivity index (χ4v) is 0.951. The van der Waals surface area contributed by atoms with Crippen LogP contribution in [0.15, 0.2) is 0 Å². The van der Waals surface area contributed by atoms with Gasteiger partial charge in [-0.15, -0.1) is 0 Å². The van der Waals surface area contributed by atoms with Crippen molar-refractivity contribution in [1.82, 2.24) is 5.32 Å². The van der Waals surface area contributed by atoms with Gasteiger partial charge in [0.25, 0.3) is 0 Å². The summed E-state index contributed by atoms with van der Waals surface area (Å²) >= 11 is 0. The fourth-order valence-electron chi connectivity index (χ4n) is 0.951. The second kappa shape index (κ2) is 13.1. The normalized spacial score (nSPS) is 15.9. The highest BCUT2D eigenvalue weighted by Crippen LogP contribution is 2.08. The molecule has 0 aliphatic carbocycles. The molecule has 12 heavy (non-hydrogen) atoms. The zero-order valence-electron chi connectivity index (χ0n) is 8.85. The van der Waals surface area contributed by atoms with E-state index in [1.807, 2.05) is 27.7 Å². The van der Waals surface area contributed by atoms with E-state index in [2.05, 4.69) is 11.4 Å². The van der Waals surface area contributed by atoms with Crippen LogP contribution in [-0.2, 0) is 0 Å². The summed E-state index contributed by atoms with van der Waals surface area (Å²) in [4.78, 5) is 0. The highest BCUT2D eigenvalue weighted by molar-refractivity contribution is 4.85. The quantitative estimate of drug-likeness (QED) is 0.606. The molecule has 2 nitrogen and oxygen atoms in total. The molecule has 0 spiro atoms. The summed E-state index contributed by atoms with van der Waals surface area (Å²) in [6, 6.07) is 2.26. The molecule has 1 heterocycles. The van der Waals surface area contributed by atoms with Crippen molar-refractivity contribution < 1.29 is 0 Å². The minimum atomic E-state index is 0.330. The molecule has 0 atom stereocenters. The third kappa shape index (κ3) is 7.56. The number of nitrogens with zero attached hydrogens (tertiary/aromatic N) is 1. The van der Waals surface area contributed by atoms with Gasteiger partial charge in [0.1, 0.15) is 0 Å². The van der Waals surface area contributed by atoms with Crippen LogP contribution in [0.3, 0.4) is 0 Å². The van der Waals surface area contributed by atoms with Crippen molar-refractivity contribution >= 4 is 0 Å². The molecular formula is C10H22N2. The first-order valence-corrected chi connectivity index (χ1v) is 5.04. The van der Waals surface area contributed by atoms with Gasteiger partial charge in [0, 0.05) is 5.92 Å². The lowest BCUT2D eigenvalue weighted by molar-refractivity contribution is 0.444. The van der Waals surface area contributed by atoms with Crippen LogP contribution in [0.2, 0.25) is 0 Å². The number of rotatable bonds is 0. The minimum absolute atomic E-state index is 0.330. The SMILES string of the molecule is CC.CC.N#CC1CCNCC1. The van der Waals surface area contributed by atoms with Crippen LogP contribution in [-0.4, -0.2) is 13.1 Å². The molecular weight excluding hydrogens is 148 g/mol. The van der Waals surface area contributed by atoms with Gasteiger partial charge in [-0.05, 0) is 25.9 Å². The molecule has 0 aromatic carbocycles. The van der Waals surface area contributed by atoms with Crippen LogP contribution in [0.4, 0.5) is 0 Å². The van der Waals surface area contributed by atoms with Crippen LogP contribution in [0.25, 0.3) is 0 Å². The lowest BCUT2D eigenvalue weighted by Gasteiger charge is -2.15. The molecule has 1 aliphatic heterocycles. The molecule has 0 radical (unpaired) electrons. The third-order valence-corrected chi connectivity index (χ3v) is 1.52. The van der Waals surface area contributed by atoms with E-state index in [0.29, 0.717) is 5.92 Å². The summed E-state index contributed by atoms with van der Waals surface area (Å²) in [7, 11) is 0. The number of hydrogen-bond donors (Lipinski definition) is 1. The maximum absolute atomic E-state index is 8.41. The first kappa shape index (κ1) is 14.0. The van der Waals surface area contributed by atoms with Gasteiger partial charge < -0.3 is 5.32 Å². The molecule has 1 rings (SSSR count). The largest absolute Gasteiger partial charge is 0.317 e. The summed E-state index contributed by atoms with van der Waals surface area (Å²) in [6.07, 6.45) is 2.08. The molecule has 0 aromatic rings. The van der Waals surface area contributed by atoms with E-state index in [0.717, 1.165) is 25.9 Å². The Hall–Kier alpha value is -0.550. The zero-order chi connectivity index (χ0) is 9.82. The summed E-state index contributed by atoms with van der Waals surface area (Å²) in [5, 5.41) is 11.6. The lowest BCUT2D eigenvalue weighted by atomic mass is 10.0. The van der Waals surface area contributed by atoms with Crippen LogP contribution < -0.4 is 5.32 Å². The van der Waals surface area contributed by atoms with Crippen molar-refractivity contribution in [2.24, 2.45) is 5.92 Å². The molecule has 0 aromatic heterocycles. The average Bonchev–Trinajstić information content (AvgIpc) is 2.25. The minimum Gasteiger partial charge on any atom is -0.317 e. The summed E-state index contributed by atoms with van der Waals surface area (Å²) < 4.78 is 0. The fraction of sp³-hybridized carbons (Fsp3) is 0.900. The molecule has 1 saturated heterocycles. The van der Waals surface area contributed by atoms with E-state index < -0.39 is 0 Å². The molecule has 72 valence electrons. The van der Waals surface area contributed by atoms with Crippen molar-refractivity contribution in [2.45, 2.75) is 40.5 Å². The number of hydrogen-bond acceptors (Lipinski definition) is 2. The molecule has 0 saturated carbocycles. The highest BCUT2D eigenvalue weighted by atomic mass is 14.9. The number of nitrogens with one attached hydrogen (secondary N) is 1. The molecule has 1 fully saturated rings. The van der Waals surface area contributed by atoms with Crippen molar-refractivity contribution in [1.29, 1.82) is 5.26 Å². The first-order valence-electron chi connectivity index (χ1n) is 5.04. The predicted molar refractivity (Wildman–Crippen MR) is 53.9 cm³/mol. The Morgan fingerprint density at radius 3 is 1.75 bits per heavy atom. The third-order valence-electron chi connectivity index (χ3n) is 1.52.